The van der Waals surface area contributed by atoms with Gasteiger partial charge in [0.1, 0.15) is 0 Å². The molecule has 0 unspecified atom stereocenters. The van der Waals surface area contributed by atoms with E-state index in [4.69, 9.17) is 5.73 Å². The number of nitrogens with two attached hydrogens (primary N) is 1. The standard InChI is InChI=1S/C22H20F6N2/c1-13(29)17-11-30(12-20(8-9-20)22(26,27)28)19-10-14(6-7-16(17)19)15-4-2-3-5-18(15)21(23,24)25/h2-7,10-11,13H,8-9,12,29H2,1H3/t13-/m1/s1. The number of fused-ring (bicyclic) bond motifs is 1. The summed E-state index contributed by atoms with van der Waals surface area (Å²) in [5.41, 5.74) is 4.83. The van der Waals surface area contributed by atoms with Crippen LogP contribution in [0.25, 0.3) is 22.0 Å². The largest absolute Gasteiger partial charge is 0.417 e. The van der Waals surface area contributed by atoms with Gasteiger partial charge in [-0.05, 0) is 48.6 Å². The van der Waals surface area contributed by atoms with Crippen LogP contribution in [-0.2, 0) is 12.7 Å². The van der Waals surface area contributed by atoms with Crippen LogP contribution in [0.2, 0.25) is 0 Å². The van der Waals surface area contributed by atoms with Gasteiger partial charge in [-0.15, -0.1) is 0 Å². The first-order valence-electron chi connectivity index (χ1n) is 9.55. The number of benzene rings is 2. The fraction of sp³-hybridized carbons (Fsp3) is 0.364. The van der Waals surface area contributed by atoms with Gasteiger partial charge in [0.15, 0.2) is 0 Å². The van der Waals surface area contributed by atoms with Crippen LogP contribution in [0.15, 0.2) is 48.7 Å². The molecule has 0 spiro atoms. The molecule has 8 heteroatoms. The van der Waals surface area contributed by atoms with Crippen LogP contribution in [0.1, 0.15) is 36.9 Å². The molecular formula is C22H20F6N2. The van der Waals surface area contributed by atoms with E-state index in [0.29, 0.717) is 22.0 Å². The maximum absolute atomic E-state index is 13.5. The van der Waals surface area contributed by atoms with Crippen molar-refractivity contribution >= 4 is 10.9 Å². The van der Waals surface area contributed by atoms with E-state index in [-0.39, 0.29) is 24.9 Å². The molecule has 2 nitrogen and oxygen atoms in total. The number of halogens is 6. The quantitative estimate of drug-likeness (QED) is 0.463. The van der Waals surface area contributed by atoms with E-state index in [9.17, 15) is 26.3 Å². The molecule has 30 heavy (non-hydrogen) atoms. The summed E-state index contributed by atoms with van der Waals surface area (Å²) in [5.74, 6) is 0. The van der Waals surface area contributed by atoms with E-state index in [2.05, 4.69) is 0 Å². The molecule has 0 bridgehead atoms. The highest BCUT2D eigenvalue weighted by Gasteiger charge is 2.63. The third kappa shape index (κ3) is 3.47. The molecule has 3 aromatic rings. The third-order valence-electron chi connectivity index (χ3n) is 5.88. The summed E-state index contributed by atoms with van der Waals surface area (Å²) in [4.78, 5) is 0. The topological polar surface area (TPSA) is 30.9 Å². The number of hydrogen-bond donors (Lipinski definition) is 1. The molecule has 0 saturated heterocycles. The molecule has 1 atom stereocenters. The fourth-order valence-electron chi connectivity index (χ4n) is 3.97. The van der Waals surface area contributed by atoms with Crippen LogP contribution in [0.5, 0.6) is 0 Å². The van der Waals surface area contributed by atoms with Gasteiger partial charge in [-0.25, -0.2) is 0 Å². The highest BCUT2D eigenvalue weighted by atomic mass is 19.4. The number of nitrogens with zero attached hydrogens (tertiary/aromatic N) is 1. The van der Waals surface area contributed by atoms with Gasteiger partial charge >= 0.3 is 12.4 Å². The molecule has 1 aromatic heterocycles. The second-order valence-corrected chi connectivity index (χ2v) is 8.05. The van der Waals surface area contributed by atoms with Crippen LogP contribution in [0.4, 0.5) is 26.3 Å². The van der Waals surface area contributed by atoms with Crippen molar-refractivity contribution in [2.45, 2.75) is 44.7 Å². The van der Waals surface area contributed by atoms with Gasteiger partial charge in [-0.1, -0.05) is 30.3 Å². The Bertz CT molecular complexity index is 1090. The van der Waals surface area contributed by atoms with Crippen molar-refractivity contribution in [3.8, 4) is 11.1 Å². The maximum Gasteiger partial charge on any atom is 0.417 e. The molecular weight excluding hydrogens is 406 g/mol. The molecule has 1 fully saturated rings. The minimum Gasteiger partial charge on any atom is -0.346 e. The van der Waals surface area contributed by atoms with Crippen molar-refractivity contribution in [3.05, 3.63) is 59.8 Å². The predicted molar refractivity (Wildman–Crippen MR) is 103 cm³/mol. The first-order valence-corrected chi connectivity index (χ1v) is 9.55. The van der Waals surface area contributed by atoms with E-state index in [1.165, 1.54) is 28.8 Å². The average molecular weight is 426 g/mol. The van der Waals surface area contributed by atoms with Crippen LogP contribution in [-0.4, -0.2) is 10.7 Å². The van der Waals surface area contributed by atoms with Gasteiger partial charge in [0, 0.05) is 29.7 Å². The zero-order valence-corrected chi connectivity index (χ0v) is 16.1. The molecule has 160 valence electrons. The lowest BCUT2D eigenvalue weighted by atomic mass is 9.97. The first-order chi connectivity index (χ1) is 13.9. The lowest BCUT2D eigenvalue weighted by molar-refractivity contribution is -0.190. The van der Waals surface area contributed by atoms with Gasteiger partial charge in [-0.2, -0.15) is 26.3 Å². The lowest BCUT2D eigenvalue weighted by Gasteiger charge is -2.20. The highest BCUT2D eigenvalue weighted by molar-refractivity contribution is 5.89. The van der Waals surface area contributed by atoms with Gasteiger partial charge in [-0.3, -0.25) is 0 Å². The van der Waals surface area contributed by atoms with E-state index >= 15 is 0 Å². The molecule has 1 heterocycles. The van der Waals surface area contributed by atoms with Crippen LogP contribution < -0.4 is 5.73 Å². The molecule has 1 aliphatic carbocycles. The summed E-state index contributed by atoms with van der Waals surface area (Å²) < 4.78 is 82.4. The van der Waals surface area contributed by atoms with E-state index in [1.54, 1.807) is 25.3 Å². The second-order valence-electron chi connectivity index (χ2n) is 8.05. The van der Waals surface area contributed by atoms with Crippen molar-refractivity contribution in [1.82, 2.24) is 4.57 Å². The van der Waals surface area contributed by atoms with Gasteiger partial charge in [0.25, 0.3) is 0 Å². The minimum absolute atomic E-state index is 0.0149. The normalized spacial score (nSPS) is 17.3. The second kappa shape index (κ2) is 6.77. The van der Waals surface area contributed by atoms with Gasteiger partial charge in [0.05, 0.1) is 11.0 Å². The maximum atomic E-state index is 13.5. The number of rotatable bonds is 4. The van der Waals surface area contributed by atoms with E-state index < -0.39 is 29.4 Å². The summed E-state index contributed by atoms with van der Waals surface area (Å²) in [6, 6.07) is 9.46. The number of aromatic nitrogens is 1. The SMILES string of the molecule is C[C@@H](N)c1cn(CC2(C(F)(F)F)CC2)c2cc(-c3ccccc3C(F)(F)F)ccc12. The fourth-order valence-corrected chi connectivity index (χ4v) is 3.97. The van der Waals surface area contributed by atoms with E-state index in [1.807, 2.05) is 0 Å². The summed E-state index contributed by atoms with van der Waals surface area (Å²) in [6.45, 7) is 1.45. The molecule has 0 aliphatic heterocycles. The predicted octanol–water partition coefficient (Wildman–Crippen LogP) is 6.69. The summed E-state index contributed by atoms with van der Waals surface area (Å²) >= 11 is 0. The summed E-state index contributed by atoms with van der Waals surface area (Å²) in [6.07, 6.45) is -7.20. The average Bonchev–Trinajstić information content (AvgIpc) is 3.36. The Hall–Kier alpha value is -2.48. The molecule has 1 aliphatic rings. The zero-order chi connectivity index (χ0) is 21.9. The number of alkyl halides is 6. The van der Waals surface area contributed by atoms with Crippen molar-refractivity contribution in [1.29, 1.82) is 0 Å². The molecule has 2 aromatic carbocycles. The summed E-state index contributed by atoms with van der Waals surface area (Å²) in [7, 11) is 0. The Morgan fingerprint density at radius 3 is 2.27 bits per heavy atom. The monoisotopic (exact) mass is 426 g/mol. The van der Waals surface area contributed by atoms with Gasteiger partial charge in [0.2, 0.25) is 0 Å². The van der Waals surface area contributed by atoms with Crippen LogP contribution in [0.3, 0.4) is 0 Å². The van der Waals surface area contributed by atoms with E-state index in [0.717, 1.165) is 6.07 Å². The molecule has 1 saturated carbocycles. The highest BCUT2D eigenvalue weighted by Crippen LogP contribution is 2.59. The molecule has 4 rings (SSSR count). The number of hydrogen-bond acceptors (Lipinski definition) is 1. The Morgan fingerprint density at radius 1 is 1.03 bits per heavy atom. The molecule has 2 N–H and O–H groups in total. The Morgan fingerprint density at radius 2 is 1.70 bits per heavy atom. The van der Waals surface area contributed by atoms with Crippen LogP contribution >= 0.6 is 0 Å². The van der Waals surface area contributed by atoms with Crippen molar-refractivity contribution in [2.24, 2.45) is 11.1 Å². The molecule has 0 radical (unpaired) electrons. The Balaban J connectivity index is 1.87. The Labute approximate surface area is 169 Å². The van der Waals surface area contributed by atoms with Crippen molar-refractivity contribution in [2.75, 3.05) is 0 Å². The van der Waals surface area contributed by atoms with Crippen molar-refractivity contribution in [3.63, 3.8) is 0 Å². The molecule has 0 amide bonds. The zero-order valence-electron chi connectivity index (χ0n) is 16.1. The van der Waals surface area contributed by atoms with Crippen LogP contribution in [0, 0.1) is 5.41 Å². The smallest absolute Gasteiger partial charge is 0.346 e. The van der Waals surface area contributed by atoms with Crippen molar-refractivity contribution < 1.29 is 26.3 Å². The third-order valence-corrected chi connectivity index (χ3v) is 5.88. The van der Waals surface area contributed by atoms with Gasteiger partial charge < -0.3 is 10.3 Å². The first kappa shape index (κ1) is 20.8. The lowest BCUT2D eigenvalue weighted by Crippen LogP contribution is -2.29. The Kier molecular flexibility index (Phi) is 4.69. The minimum atomic E-state index is -4.54. The summed E-state index contributed by atoms with van der Waals surface area (Å²) in [5, 5.41) is 0.649.